The molecule has 0 bridgehead atoms. The molecular weight excluding hydrogens is 244 g/mol. The van der Waals surface area contributed by atoms with E-state index in [1.165, 1.54) is 0 Å². The number of benzene rings is 1. The highest BCUT2D eigenvalue weighted by Crippen LogP contribution is 2.14. The zero-order chi connectivity index (χ0) is 13.8. The second kappa shape index (κ2) is 6.04. The topological polar surface area (TPSA) is 84.6 Å². The lowest BCUT2D eigenvalue weighted by Gasteiger charge is -2.19. The predicted molar refractivity (Wildman–Crippen MR) is 71.7 cm³/mol. The van der Waals surface area contributed by atoms with Crippen molar-refractivity contribution in [3.8, 4) is 5.75 Å². The Morgan fingerprint density at radius 2 is 2.21 bits per heavy atom. The van der Waals surface area contributed by atoms with Crippen LogP contribution in [0.1, 0.15) is 18.9 Å². The van der Waals surface area contributed by atoms with Gasteiger partial charge in [0.25, 0.3) is 0 Å². The van der Waals surface area contributed by atoms with Gasteiger partial charge in [-0.15, -0.1) is 0 Å². The van der Waals surface area contributed by atoms with Crippen molar-refractivity contribution in [1.82, 2.24) is 5.32 Å². The third kappa shape index (κ3) is 3.68. The van der Waals surface area contributed by atoms with Gasteiger partial charge in [0, 0.05) is 6.61 Å². The van der Waals surface area contributed by atoms with Crippen LogP contribution in [0.4, 0.5) is 0 Å². The van der Waals surface area contributed by atoms with E-state index in [9.17, 15) is 9.90 Å². The molecule has 1 amide bonds. The van der Waals surface area contributed by atoms with E-state index in [1.54, 1.807) is 24.3 Å². The van der Waals surface area contributed by atoms with E-state index < -0.39 is 6.04 Å². The summed E-state index contributed by atoms with van der Waals surface area (Å²) in [5.74, 6) is 0.0501. The maximum Gasteiger partial charge on any atom is 0.237 e. The molecule has 5 nitrogen and oxygen atoms in total. The van der Waals surface area contributed by atoms with Gasteiger partial charge >= 0.3 is 0 Å². The van der Waals surface area contributed by atoms with Gasteiger partial charge in [-0.3, -0.25) is 4.79 Å². The summed E-state index contributed by atoms with van der Waals surface area (Å²) in [5.41, 5.74) is 6.82. The van der Waals surface area contributed by atoms with Gasteiger partial charge < -0.3 is 20.9 Å². The molecular formula is C14H20N2O3. The predicted octanol–water partition coefficient (Wildman–Crippen LogP) is 0.556. The van der Waals surface area contributed by atoms with Gasteiger partial charge in [0.05, 0.1) is 18.2 Å². The molecule has 0 radical (unpaired) electrons. The van der Waals surface area contributed by atoms with Gasteiger partial charge in [0.15, 0.2) is 0 Å². The minimum absolute atomic E-state index is 0.0461. The zero-order valence-corrected chi connectivity index (χ0v) is 11.0. The van der Waals surface area contributed by atoms with Crippen LogP contribution in [0.5, 0.6) is 5.75 Å². The number of phenolic OH excluding ortho intramolecular Hbond substituents is 1. The largest absolute Gasteiger partial charge is 0.508 e. The normalized spacial score (nSPS) is 24.1. The number of ether oxygens (including phenoxy) is 1. The Morgan fingerprint density at radius 3 is 2.79 bits per heavy atom. The zero-order valence-electron chi connectivity index (χ0n) is 11.0. The monoisotopic (exact) mass is 264 g/mol. The fourth-order valence-corrected chi connectivity index (χ4v) is 2.19. The molecule has 1 heterocycles. The van der Waals surface area contributed by atoms with Crippen LogP contribution in [0.2, 0.25) is 0 Å². The van der Waals surface area contributed by atoms with Gasteiger partial charge in [-0.2, -0.15) is 0 Å². The van der Waals surface area contributed by atoms with Gasteiger partial charge in [0.1, 0.15) is 5.75 Å². The summed E-state index contributed by atoms with van der Waals surface area (Å²) in [5, 5.41) is 12.1. The number of rotatable bonds is 4. The minimum Gasteiger partial charge on any atom is -0.508 e. The highest BCUT2D eigenvalue weighted by Gasteiger charge is 2.27. The molecule has 1 saturated heterocycles. The number of nitrogens with two attached hydrogens (primary N) is 1. The Hall–Kier alpha value is -1.59. The number of hydrogen-bond acceptors (Lipinski definition) is 4. The first kappa shape index (κ1) is 13.8. The molecule has 2 rings (SSSR count). The summed E-state index contributed by atoms with van der Waals surface area (Å²) in [4.78, 5) is 12.0. The number of hydrogen-bond donors (Lipinski definition) is 3. The van der Waals surface area contributed by atoms with Crippen LogP contribution in [-0.2, 0) is 16.0 Å². The lowest BCUT2D eigenvalue weighted by atomic mass is 10.0. The van der Waals surface area contributed by atoms with E-state index in [0.29, 0.717) is 13.0 Å². The van der Waals surface area contributed by atoms with Crippen molar-refractivity contribution in [2.75, 3.05) is 6.61 Å². The quantitative estimate of drug-likeness (QED) is 0.741. The Balaban J connectivity index is 1.86. The molecule has 0 saturated carbocycles. The highest BCUT2D eigenvalue weighted by atomic mass is 16.5. The molecule has 0 aromatic heterocycles. The second-order valence-corrected chi connectivity index (χ2v) is 4.96. The van der Waals surface area contributed by atoms with E-state index in [-0.39, 0.29) is 23.8 Å². The first-order chi connectivity index (χ1) is 9.06. The van der Waals surface area contributed by atoms with Crippen LogP contribution in [0, 0.1) is 0 Å². The third-order valence-corrected chi connectivity index (χ3v) is 3.43. The molecule has 1 aliphatic rings. The molecule has 0 aliphatic carbocycles. The molecule has 1 aromatic rings. The maximum absolute atomic E-state index is 12.0. The number of carbonyl (C=O) groups is 1. The summed E-state index contributed by atoms with van der Waals surface area (Å²) < 4.78 is 5.39. The van der Waals surface area contributed by atoms with Crippen LogP contribution < -0.4 is 11.1 Å². The highest BCUT2D eigenvalue weighted by molar-refractivity contribution is 5.82. The maximum atomic E-state index is 12.0. The SMILES string of the molecule is CC1OCCC1NC(=O)C(N)Cc1ccc(O)cc1. The fourth-order valence-electron chi connectivity index (χ4n) is 2.19. The van der Waals surface area contributed by atoms with Crippen molar-refractivity contribution in [3.63, 3.8) is 0 Å². The number of nitrogens with one attached hydrogen (secondary N) is 1. The van der Waals surface area contributed by atoms with Crippen LogP contribution in [0.25, 0.3) is 0 Å². The van der Waals surface area contributed by atoms with E-state index in [1.807, 2.05) is 6.92 Å². The molecule has 104 valence electrons. The minimum atomic E-state index is -0.586. The molecule has 0 spiro atoms. The molecule has 1 aliphatic heterocycles. The third-order valence-electron chi connectivity index (χ3n) is 3.43. The first-order valence-electron chi connectivity index (χ1n) is 6.51. The second-order valence-electron chi connectivity index (χ2n) is 4.96. The van der Waals surface area contributed by atoms with Crippen molar-refractivity contribution in [3.05, 3.63) is 29.8 Å². The first-order valence-corrected chi connectivity index (χ1v) is 6.51. The van der Waals surface area contributed by atoms with Crippen LogP contribution in [-0.4, -0.2) is 35.8 Å². The van der Waals surface area contributed by atoms with Gasteiger partial charge in [0.2, 0.25) is 5.91 Å². The smallest absolute Gasteiger partial charge is 0.237 e. The lowest BCUT2D eigenvalue weighted by molar-refractivity contribution is -0.123. The molecule has 3 unspecified atom stereocenters. The van der Waals surface area contributed by atoms with E-state index in [4.69, 9.17) is 10.5 Å². The van der Waals surface area contributed by atoms with Crippen LogP contribution in [0.3, 0.4) is 0 Å². The number of carbonyl (C=O) groups excluding carboxylic acids is 1. The summed E-state index contributed by atoms with van der Waals surface area (Å²) in [6, 6.07) is 6.18. The Kier molecular flexibility index (Phi) is 4.39. The van der Waals surface area contributed by atoms with Gasteiger partial charge in [-0.1, -0.05) is 12.1 Å². The molecule has 19 heavy (non-hydrogen) atoms. The molecule has 1 aromatic carbocycles. The van der Waals surface area contributed by atoms with Crippen LogP contribution >= 0.6 is 0 Å². The summed E-state index contributed by atoms with van der Waals surface area (Å²) in [6.07, 6.45) is 1.33. The Labute approximate surface area is 112 Å². The standard InChI is InChI=1S/C14H20N2O3/c1-9-13(6-7-19-9)16-14(18)12(15)8-10-2-4-11(17)5-3-10/h2-5,9,12-13,17H,6-8,15H2,1H3,(H,16,18). The van der Waals surface area contributed by atoms with Crippen molar-refractivity contribution in [2.45, 2.75) is 38.0 Å². The number of phenols is 1. The number of aromatic hydroxyl groups is 1. The molecule has 5 heteroatoms. The van der Waals surface area contributed by atoms with Gasteiger partial charge in [-0.25, -0.2) is 0 Å². The molecule has 4 N–H and O–H groups in total. The molecule has 1 fully saturated rings. The van der Waals surface area contributed by atoms with E-state index in [0.717, 1.165) is 12.0 Å². The Bertz CT molecular complexity index is 433. The summed E-state index contributed by atoms with van der Waals surface area (Å²) >= 11 is 0. The lowest BCUT2D eigenvalue weighted by Crippen LogP contribution is -2.48. The Morgan fingerprint density at radius 1 is 1.53 bits per heavy atom. The van der Waals surface area contributed by atoms with Crippen molar-refractivity contribution < 1.29 is 14.6 Å². The van der Waals surface area contributed by atoms with Crippen LogP contribution in [0.15, 0.2) is 24.3 Å². The number of amides is 1. The van der Waals surface area contributed by atoms with Crippen molar-refractivity contribution >= 4 is 5.91 Å². The summed E-state index contributed by atoms with van der Waals surface area (Å²) in [7, 11) is 0. The average Bonchev–Trinajstić information content (AvgIpc) is 2.78. The van der Waals surface area contributed by atoms with E-state index >= 15 is 0 Å². The summed E-state index contributed by atoms with van der Waals surface area (Å²) in [6.45, 7) is 2.63. The van der Waals surface area contributed by atoms with Gasteiger partial charge in [-0.05, 0) is 37.5 Å². The van der Waals surface area contributed by atoms with E-state index in [2.05, 4.69) is 5.32 Å². The average molecular weight is 264 g/mol. The van der Waals surface area contributed by atoms with Crippen molar-refractivity contribution in [2.24, 2.45) is 5.73 Å². The molecule has 3 atom stereocenters. The fraction of sp³-hybridized carbons (Fsp3) is 0.500. The van der Waals surface area contributed by atoms with Crippen molar-refractivity contribution in [1.29, 1.82) is 0 Å².